The van der Waals surface area contributed by atoms with Crippen molar-refractivity contribution in [3.63, 3.8) is 0 Å². The van der Waals surface area contributed by atoms with Crippen molar-refractivity contribution < 1.29 is 5.11 Å². The highest BCUT2D eigenvalue weighted by molar-refractivity contribution is 5.10. The summed E-state index contributed by atoms with van der Waals surface area (Å²) in [4.78, 5) is 2.46. The predicted molar refractivity (Wildman–Crippen MR) is 62.7 cm³/mol. The lowest BCUT2D eigenvalue weighted by Crippen LogP contribution is -2.60. The molecule has 2 heteroatoms. The number of rotatable bonds is 1. The van der Waals surface area contributed by atoms with E-state index < -0.39 is 5.60 Å². The Morgan fingerprint density at radius 1 is 1.40 bits per heavy atom. The third-order valence-corrected chi connectivity index (χ3v) is 4.57. The highest BCUT2D eigenvalue weighted by Crippen LogP contribution is 2.43. The van der Waals surface area contributed by atoms with Gasteiger partial charge in [-0.25, -0.2) is 0 Å². The van der Waals surface area contributed by atoms with Gasteiger partial charge in [0.15, 0.2) is 0 Å². The molecule has 1 heterocycles. The molecule has 0 bridgehead atoms. The topological polar surface area (TPSA) is 23.5 Å². The van der Waals surface area contributed by atoms with Gasteiger partial charge in [-0.2, -0.15) is 0 Å². The van der Waals surface area contributed by atoms with E-state index in [1.165, 1.54) is 19.3 Å². The summed E-state index contributed by atoms with van der Waals surface area (Å²) in [6, 6.07) is 1.03. The molecular formula is C13H23NO. The quantitative estimate of drug-likeness (QED) is 0.669. The van der Waals surface area contributed by atoms with Crippen LogP contribution in [0.15, 0.2) is 12.7 Å². The summed E-state index contributed by atoms with van der Waals surface area (Å²) >= 11 is 0. The minimum absolute atomic E-state index is 0.407. The van der Waals surface area contributed by atoms with Crippen LogP contribution in [0.25, 0.3) is 0 Å². The Hall–Kier alpha value is -0.340. The van der Waals surface area contributed by atoms with Crippen LogP contribution in [-0.2, 0) is 0 Å². The van der Waals surface area contributed by atoms with Crippen molar-refractivity contribution in [1.82, 2.24) is 4.90 Å². The second kappa shape index (κ2) is 3.91. The second-order valence-electron chi connectivity index (χ2n) is 5.37. The molecule has 1 aliphatic carbocycles. The first-order valence-corrected chi connectivity index (χ1v) is 6.16. The lowest BCUT2D eigenvalue weighted by Gasteiger charge is -2.53. The Labute approximate surface area is 93.0 Å². The average molecular weight is 209 g/mol. The third-order valence-electron chi connectivity index (χ3n) is 4.57. The van der Waals surface area contributed by atoms with Gasteiger partial charge in [0.1, 0.15) is 0 Å². The SMILES string of the molecule is C=C[C@]1(O)C[C@H](C)N(C)[C@@H]2CCCC[C@H]21. The first-order valence-electron chi connectivity index (χ1n) is 6.16. The zero-order chi connectivity index (χ0) is 11.1. The maximum absolute atomic E-state index is 10.6. The number of likely N-dealkylation sites (tertiary alicyclic amines) is 1. The molecule has 2 fully saturated rings. The zero-order valence-electron chi connectivity index (χ0n) is 9.95. The highest BCUT2D eigenvalue weighted by atomic mass is 16.3. The van der Waals surface area contributed by atoms with E-state index in [-0.39, 0.29) is 0 Å². The van der Waals surface area contributed by atoms with Gasteiger partial charge in [-0.1, -0.05) is 18.9 Å². The molecule has 2 rings (SSSR count). The number of aliphatic hydroxyl groups is 1. The van der Waals surface area contributed by atoms with Crippen molar-refractivity contribution >= 4 is 0 Å². The van der Waals surface area contributed by atoms with Gasteiger partial charge in [0.25, 0.3) is 0 Å². The van der Waals surface area contributed by atoms with Crippen LogP contribution < -0.4 is 0 Å². The molecule has 1 aliphatic heterocycles. The fourth-order valence-corrected chi connectivity index (χ4v) is 3.51. The van der Waals surface area contributed by atoms with Crippen molar-refractivity contribution in [1.29, 1.82) is 0 Å². The fraction of sp³-hybridized carbons (Fsp3) is 0.846. The van der Waals surface area contributed by atoms with Crippen LogP contribution in [0, 0.1) is 5.92 Å². The lowest BCUT2D eigenvalue weighted by atomic mass is 9.67. The van der Waals surface area contributed by atoms with E-state index in [0.29, 0.717) is 18.0 Å². The molecule has 0 spiro atoms. The molecule has 0 aromatic rings. The maximum Gasteiger partial charge on any atom is 0.0882 e. The molecule has 0 amide bonds. The minimum Gasteiger partial charge on any atom is -0.385 e. The number of piperidine rings is 1. The molecule has 4 atom stereocenters. The van der Waals surface area contributed by atoms with Gasteiger partial charge in [0, 0.05) is 18.0 Å². The molecule has 1 saturated carbocycles. The molecule has 15 heavy (non-hydrogen) atoms. The van der Waals surface area contributed by atoms with Crippen LogP contribution >= 0.6 is 0 Å². The van der Waals surface area contributed by atoms with Crippen molar-refractivity contribution in [3.8, 4) is 0 Å². The van der Waals surface area contributed by atoms with Gasteiger partial charge >= 0.3 is 0 Å². The van der Waals surface area contributed by atoms with E-state index in [1.807, 2.05) is 0 Å². The predicted octanol–water partition coefficient (Wildman–Crippen LogP) is 2.19. The number of hydrogen-bond acceptors (Lipinski definition) is 2. The van der Waals surface area contributed by atoms with Gasteiger partial charge in [0.2, 0.25) is 0 Å². The van der Waals surface area contributed by atoms with Gasteiger partial charge in [-0.3, -0.25) is 0 Å². The second-order valence-corrected chi connectivity index (χ2v) is 5.37. The molecule has 86 valence electrons. The summed E-state index contributed by atoms with van der Waals surface area (Å²) in [5.41, 5.74) is -0.614. The van der Waals surface area contributed by atoms with Gasteiger partial charge in [0.05, 0.1) is 5.60 Å². The van der Waals surface area contributed by atoms with E-state index in [2.05, 4.69) is 25.5 Å². The summed E-state index contributed by atoms with van der Waals surface area (Å²) in [5.74, 6) is 0.407. The van der Waals surface area contributed by atoms with E-state index in [0.717, 1.165) is 12.8 Å². The molecule has 2 nitrogen and oxygen atoms in total. The molecular weight excluding hydrogens is 186 g/mol. The summed E-state index contributed by atoms with van der Waals surface area (Å²) < 4.78 is 0. The molecule has 0 radical (unpaired) electrons. The van der Waals surface area contributed by atoms with Crippen LogP contribution in [0.2, 0.25) is 0 Å². The summed E-state index contributed by atoms with van der Waals surface area (Å²) in [6.45, 7) is 6.05. The molecule has 0 aromatic carbocycles. The Morgan fingerprint density at radius 3 is 2.73 bits per heavy atom. The molecule has 1 saturated heterocycles. The van der Waals surface area contributed by atoms with E-state index in [9.17, 15) is 5.11 Å². The number of fused-ring (bicyclic) bond motifs is 1. The van der Waals surface area contributed by atoms with Crippen LogP contribution in [0.1, 0.15) is 39.0 Å². The minimum atomic E-state index is -0.614. The van der Waals surface area contributed by atoms with Crippen LogP contribution in [0.4, 0.5) is 0 Å². The maximum atomic E-state index is 10.6. The van der Waals surface area contributed by atoms with E-state index in [4.69, 9.17) is 0 Å². The van der Waals surface area contributed by atoms with Gasteiger partial charge in [-0.15, -0.1) is 6.58 Å². The largest absolute Gasteiger partial charge is 0.385 e. The van der Waals surface area contributed by atoms with E-state index >= 15 is 0 Å². The normalized spacial score (nSPS) is 47.3. The van der Waals surface area contributed by atoms with Crippen molar-refractivity contribution in [2.45, 2.75) is 56.7 Å². The average Bonchev–Trinajstić information content (AvgIpc) is 2.26. The van der Waals surface area contributed by atoms with Crippen LogP contribution in [0.5, 0.6) is 0 Å². The first-order chi connectivity index (χ1) is 7.08. The van der Waals surface area contributed by atoms with Crippen molar-refractivity contribution in [2.24, 2.45) is 5.92 Å². The highest BCUT2D eigenvalue weighted by Gasteiger charge is 2.47. The number of hydrogen-bond donors (Lipinski definition) is 1. The monoisotopic (exact) mass is 209 g/mol. The zero-order valence-corrected chi connectivity index (χ0v) is 9.95. The summed E-state index contributed by atoms with van der Waals surface area (Å²) in [7, 11) is 2.20. The lowest BCUT2D eigenvalue weighted by molar-refractivity contribution is -0.0970. The number of nitrogens with zero attached hydrogens (tertiary/aromatic N) is 1. The van der Waals surface area contributed by atoms with E-state index in [1.54, 1.807) is 6.08 Å². The van der Waals surface area contributed by atoms with Gasteiger partial charge in [-0.05, 0) is 33.2 Å². The van der Waals surface area contributed by atoms with Crippen molar-refractivity contribution in [2.75, 3.05) is 7.05 Å². The van der Waals surface area contributed by atoms with Gasteiger partial charge < -0.3 is 10.0 Å². The Balaban J connectivity index is 2.25. The fourth-order valence-electron chi connectivity index (χ4n) is 3.51. The van der Waals surface area contributed by atoms with Crippen LogP contribution in [-0.4, -0.2) is 34.7 Å². The molecule has 1 N–H and O–H groups in total. The first kappa shape index (κ1) is 11.2. The summed E-state index contributed by atoms with van der Waals surface area (Å²) in [6.07, 6.45) is 7.60. The molecule has 0 unspecified atom stereocenters. The Morgan fingerprint density at radius 2 is 2.07 bits per heavy atom. The molecule has 2 aliphatic rings. The standard InChI is InChI=1S/C13H23NO/c1-4-13(15)9-10(2)14(3)12-8-6-5-7-11(12)13/h4,10-12,15H,1,5-9H2,2-3H3/t10-,11+,12+,13-/m0/s1. The summed E-state index contributed by atoms with van der Waals surface area (Å²) in [5, 5.41) is 10.6. The molecule has 0 aromatic heterocycles. The van der Waals surface area contributed by atoms with Crippen molar-refractivity contribution in [3.05, 3.63) is 12.7 Å². The Bertz CT molecular complexity index is 253. The van der Waals surface area contributed by atoms with Crippen LogP contribution in [0.3, 0.4) is 0 Å². The smallest absolute Gasteiger partial charge is 0.0882 e. The third kappa shape index (κ3) is 1.74. The Kier molecular flexibility index (Phi) is 2.91.